The Hall–Kier alpha value is -3.32. The van der Waals surface area contributed by atoms with Crippen molar-refractivity contribution in [3.05, 3.63) is 58.6 Å². The van der Waals surface area contributed by atoms with Gasteiger partial charge in [-0.1, -0.05) is 11.6 Å². The maximum Gasteiger partial charge on any atom is 0.417 e. The molecular weight excluding hydrogens is 525 g/mol. The predicted octanol–water partition coefficient (Wildman–Crippen LogP) is 3.18. The van der Waals surface area contributed by atoms with E-state index in [2.05, 4.69) is 15.8 Å². The molecular formula is C22H24ClF3N4O5S. The first kappa shape index (κ1) is 28.9. The van der Waals surface area contributed by atoms with Crippen LogP contribution in [0.5, 0.6) is 5.75 Å². The summed E-state index contributed by atoms with van der Waals surface area (Å²) >= 11 is 5.58. The molecule has 0 aliphatic rings. The molecule has 0 atom stereocenters. The summed E-state index contributed by atoms with van der Waals surface area (Å²) in [5.74, 6) is -0.730. The van der Waals surface area contributed by atoms with Gasteiger partial charge in [-0.05, 0) is 61.9 Å². The maximum atomic E-state index is 13.2. The number of hydrazone groups is 1. The van der Waals surface area contributed by atoms with E-state index in [1.54, 1.807) is 24.3 Å². The third kappa shape index (κ3) is 9.04. The normalized spacial score (nSPS) is 12.0. The zero-order valence-corrected chi connectivity index (χ0v) is 21.0. The molecule has 0 saturated heterocycles. The van der Waals surface area contributed by atoms with Gasteiger partial charge in [-0.25, -0.2) is 13.8 Å². The maximum absolute atomic E-state index is 13.2. The number of hydrogen-bond acceptors (Lipinski definition) is 6. The molecule has 2 rings (SSSR count). The average molecular weight is 549 g/mol. The number of nitrogens with zero attached hydrogens (tertiary/aromatic N) is 2. The van der Waals surface area contributed by atoms with E-state index in [0.29, 0.717) is 21.7 Å². The molecule has 14 heteroatoms. The first-order chi connectivity index (χ1) is 16.7. The van der Waals surface area contributed by atoms with Crippen molar-refractivity contribution in [2.75, 3.05) is 23.7 Å². The Morgan fingerprint density at radius 2 is 1.78 bits per heavy atom. The van der Waals surface area contributed by atoms with E-state index in [1.165, 1.54) is 6.21 Å². The fraction of sp³-hybridized carbons (Fsp3) is 0.318. The highest BCUT2D eigenvalue weighted by atomic mass is 35.5. The molecule has 2 aromatic carbocycles. The zero-order chi connectivity index (χ0) is 27.1. The summed E-state index contributed by atoms with van der Waals surface area (Å²) in [5.41, 5.74) is 1.05. The second-order valence-electron chi connectivity index (χ2n) is 7.80. The first-order valence-corrected chi connectivity index (χ1v) is 12.6. The lowest BCUT2D eigenvalue weighted by Gasteiger charge is -2.22. The predicted molar refractivity (Wildman–Crippen MR) is 130 cm³/mol. The van der Waals surface area contributed by atoms with Gasteiger partial charge in [0.05, 0.1) is 28.7 Å². The number of halogens is 4. The summed E-state index contributed by atoms with van der Waals surface area (Å²) in [4.78, 5) is 23.9. The topological polar surface area (TPSA) is 117 Å². The standard InChI is InChI=1S/C22H24ClF3N4O5S/c1-14(2)28-21(32)13-35-17-7-4-15(5-8-17)11-27-29-20(31)12-30(36(3,33)34)16-6-9-19(23)18(10-16)22(24,25)26/h4-11,14H,12-13H2,1-3H3,(H,28,32)(H,29,31)/b27-11-. The number of sulfonamides is 1. The Morgan fingerprint density at radius 1 is 1.14 bits per heavy atom. The van der Waals surface area contributed by atoms with E-state index >= 15 is 0 Å². The van der Waals surface area contributed by atoms with E-state index in [1.807, 2.05) is 13.8 Å². The molecule has 0 aliphatic carbocycles. The first-order valence-electron chi connectivity index (χ1n) is 10.4. The number of hydrogen-bond donors (Lipinski definition) is 2. The fourth-order valence-corrected chi connectivity index (χ4v) is 3.87. The van der Waals surface area contributed by atoms with Gasteiger partial charge in [-0.2, -0.15) is 18.3 Å². The van der Waals surface area contributed by atoms with Crippen LogP contribution in [0.2, 0.25) is 5.02 Å². The smallest absolute Gasteiger partial charge is 0.417 e. The van der Waals surface area contributed by atoms with Gasteiger partial charge in [0.15, 0.2) is 6.61 Å². The second-order valence-corrected chi connectivity index (χ2v) is 10.1. The lowest BCUT2D eigenvalue weighted by molar-refractivity contribution is -0.137. The Balaban J connectivity index is 2.02. The summed E-state index contributed by atoms with van der Waals surface area (Å²) in [5, 5.41) is 5.80. The third-order valence-corrected chi connectivity index (χ3v) is 5.80. The molecule has 0 unspecified atom stereocenters. The van der Waals surface area contributed by atoms with E-state index in [-0.39, 0.29) is 24.2 Å². The van der Waals surface area contributed by atoms with Crippen LogP contribution in [0.1, 0.15) is 25.0 Å². The highest BCUT2D eigenvalue weighted by Crippen LogP contribution is 2.37. The van der Waals surface area contributed by atoms with E-state index in [9.17, 15) is 31.2 Å². The number of ether oxygens (including phenoxy) is 1. The molecule has 0 aromatic heterocycles. The number of amides is 2. The molecule has 2 amide bonds. The van der Waals surface area contributed by atoms with Crippen LogP contribution in [-0.4, -0.2) is 51.9 Å². The molecule has 0 bridgehead atoms. The van der Waals surface area contributed by atoms with Crippen molar-refractivity contribution >= 4 is 45.3 Å². The van der Waals surface area contributed by atoms with Crippen LogP contribution in [0, 0.1) is 0 Å². The largest absolute Gasteiger partial charge is 0.484 e. The van der Waals surface area contributed by atoms with E-state index in [4.69, 9.17) is 16.3 Å². The van der Waals surface area contributed by atoms with Crippen LogP contribution in [0.25, 0.3) is 0 Å². The molecule has 2 N–H and O–H groups in total. The number of anilines is 1. The zero-order valence-electron chi connectivity index (χ0n) is 19.5. The van der Waals surface area contributed by atoms with Crippen molar-refractivity contribution in [3.63, 3.8) is 0 Å². The van der Waals surface area contributed by atoms with Gasteiger partial charge in [-0.3, -0.25) is 13.9 Å². The lowest BCUT2D eigenvalue weighted by atomic mass is 10.2. The monoisotopic (exact) mass is 548 g/mol. The van der Waals surface area contributed by atoms with Crippen LogP contribution >= 0.6 is 11.6 Å². The van der Waals surface area contributed by atoms with Gasteiger partial charge < -0.3 is 10.1 Å². The Morgan fingerprint density at radius 3 is 2.33 bits per heavy atom. The van der Waals surface area contributed by atoms with Gasteiger partial charge in [0, 0.05) is 6.04 Å². The molecule has 36 heavy (non-hydrogen) atoms. The quantitative estimate of drug-likeness (QED) is 0.349. The number of rotatable bonds is 10. The van der Waals surface area contributed by atoms with Crippen LogP contribution in [0.15, 0.2) is 47.6 Å². The minimum absolute atomic E-state index is 0.0111. The van der Waals surface area contributed by atoms with Gasteiger partial charge >= 0.3 is 6.18 Å². The van der Waals surface area contributed by atoms with Crippen molar-refractivity contribution in [1.29, 1.82) is 0 Å². The summed E-state index contributed by atoms with van der Waals surface area (Å²) in [6, 6.07) is 8.86. The number of carbonyl (C=O) groups is 2. The van der Waals surface area contributed by atoms with E-state index in [0.717, 1.165) is 18.4 Å². The van der Waals surface area contributed by atoms with Crippen molar-refractivity contribution in [2.24, 2.45) is 5.10 Å². The van der Waals surface area contributed by atoms with Crippen LogP contribution in [-0.2, 0) is 25.8 Å². The SMILES string of the molecule is CC(C)NC(=O)COc1ccc(/C=N\NC(=O)CN(c2ccc(Cl)c(C(F)(F)F)c2)S(C)(=O)=O)cc1. The van der Waals surface area contributed by atoms with Crippen molar-refractivity contribution < 1.29 is 35.9 Å². The fourth-order valence-electron chi connectivity index (χ4n) is 2.79. The van der Waals surface area contributed by atoms with Crippen LogP contribution in [0.3, 0.4) is 0 Å². The molecule has 0 heterocycles. The third-order valence-electron chi connectivity index (χ3n) is 4.33. The van der Waals surface area contributed by atoms with Crippen LogP contribution < -0.4 is 19.8 Å². The molecule has 9 nitrogen and oxygen atoms in total. The van der Waals surface area contributed by atoms with Gasteiger partial charge in [0.1, 0.15) is 12.3 Å². The number of carbonyl (C=O) groups excluding carboxylic acids is 2. The van der Waals surface area contributed by atoms with Crippen molar-refractivity contribution in [1.82, 2.24) is 10.7 Å². The molecule has 2 aromatic rings. The highest BCUT2D eigenvalue weighted by Gasteiger charge is 2.34. The van der Waals surface area contributed by atoms with Gasteiger partial charge in [0.25, 0.3) is 11.8 Å². The summed E-state index contributed by atoms with van der Waals surface area (Å²) in [6.45, 7) is 2.67. The minimum atomic E-state index is -4.82. The number of nitrogens with one attached hydrogen (secondary N) is 2. The molecule has 0 spiro atoms. The van der Waals surface area contributed by atoms with Crippen molar-refractivity contribution in [2.45, 2.75) is 26.1 Å². The minimum Gasteiger partial charge on any atom is -0.484 e. The Bertz CT molecular complexity index is 1220. The van der Waals surface area contributed by atoms with Crippen molar-refractivity contribution in [3.8, 4) is 5.75 Å². The van der Waals surface area contributed by atoms with Gasteiger partial charge in [-0.15, -0.1) is 0 Å². The molecule has 0 aliphatic heterocycles. The molecule has 0 fully saturated rings. The van der Waals surface area contributed by atoms with E-state index < -0.39 is 39.2 Å². The molecule has 0 saturated carbocycles. The molecule has 0 radical (unpaired) electrons. The Labute approximate surface area is 211 Å². The lowest BCUT2D eigenvalue weighted by Crippen LogP contribution is -2.39. The number of alkyl halides is 3. The summed E-state index contributed by atoms with van der Waals surface area (Å²) < 4.78 is 69.6. The summed E-state index contributed by atoms with van der Waals surface area (Å²) in [6.07, 6.45) is -2.80. The summed E-state index contributed by atoms with van der Waals surface area (Å²) in [7, 11) is -4.12. The van der Waals surface area contributed by atoms with Crippen LogP contribution in [0.4, 0.5) is 18.9 Å². The van der Waals surface area contributed by atoms with Gasteiger partial charge in [0.2, 0.25) is 10.0 Å². The Kier molecular flexibility index (Phi) is 9.70. The molecule has 196 valence electrons. The number of benzene rings is 2. The highest BCUT2D eigenvalue weighted by molar-refractivity contribution is 7.92. The second kappa shape index (κ2) is 12.1. The average Bonchev–Trinajstić information content (AvgIpc) is 2.75.